The molecule has 0 saturated heterocycles. The molecule has 0 aliphatic heterocycles. The van der Waals surface area contributed by atoms with Gasteiger partial charge in [0.1, 0.15) is 11.6 Å². The SMILES string of the molecule is Cc1cc(-n2nnn(Cc3c(F)cccc3F)c2=O)ccc1-c1cn[nH]c1. The van der Waals surface area contributed by atoms with Crippen molar-refractivity contribution in [1.82, 2.24) is 30.0 Å². The van der Waals surface area contributed by atoms with Crippen LogP contribution in [0.3, 0.4) is 0 Å². The molecule has 0 spiro atoms. The average molecular weight is 368 g/mol. The summed E-state index contributed by atoms with van der Waals surface area (Å²) in [6.45, 7) is 1.55. The van der Waals surface area contributed by atoms with Crippen LogP contribution in [0.15, 0.2) is 53.6 Å². The molecule has 9 heteroatoms. The van der Waals surface area contributed by atoms with Crippen LogP contribution in [-0.4, -0.2) is 30.0 Å². The third kappa shape index (κ3) is 3.03. The standard InChI is InChI=1S/C18H14F2N6O/c1-11-7-13(5-6-14(11)12-8-21-22-9-12)26-18(27)25(23-24-26)10-15-16(19)3-2-4-17(15)20/h2-9H,10H2,1H3,(H,21,22). The largest absolute Gasteiger partial charge is 0.368 e. The molecule has 0 unspecified atom stereocenters. The van der Waals surface area contributed by atoms with E-state index in [9.17, 15) is 13.6 Å². The Balaban J connectivity index is 1.69. The van der Waals surface area contributed by atoms with E-state index in [-0.39, 0.29) is 12.1 Å². The average Bonchev–Trinajstić information content (AvgIpc) is 3.29. The monoisotopic (exact) mass is 368 g/mol. The molecule has 4 aromatic rings. The number of tetrazole rings is 1. The first-order valence-electron chi connectivity index (χ1n) is 8.10. The second-order valence-electron chi connectivity index (χ2n) is 6.02. The molecule has 0 aliphatic rings. The number of halogens is 2. The van der Waals surface area contributed by atoms with E-state index in [1.807, 2.05) is 13.0 Å². The van der Waals surface area contributed by atoms with Crippen molar-refractivity contribution < 1.29 is 8.78 Å². The zero-order chi connectivity index (χ0) is 19.0. The maximum Gasteiger partial charge on any atom is 0.368 e. The van der Waals surface area contributed by atoms with Crippen molar-refractivity contribution in [3.05, 3.63) is 82.0 Å². The number of nitrogens with zero attached hydrogens (tertiary/aromatic N) is 5. The molecular formula is C18H14F2N6O. The van der Waals surface area contributed by atoms with Crippen LogP contribution in [0.1, 0.15) is 11.1 Å². The van der Waals surface area contributed by atoms with E-state index in [0.29, 0.717) is 5.69 Å². The van der Waals surface area contributed by atoms with Crippen molar-refractivity contribution in [3.63, 3.8) is 0 Å². The van der Waals surface area contributed by atoms with E-state index in [1.165, 1.54) is 6.07 Å². The molecule has 27 heavy (non-hydrogen) atoms. The Morgan fingerprint density at radius 2 is 1.89 bits per heavy atom. The topological polar surface area (TPSA) is 81.4 Å². The van der Waals surface area contributed by atoms with Gasteiger partial charge in [0.15, 0.2) is 0 Å². The third-order valence-corrected chi connectivity index (χ3v) is 4.27. The summed E-state index contributed by atoms with van der Waals surface area (Å²) in [6.07, 6.45) is 3.47. The minimum atomic E-state index is -0.739. The fraction of sp³-hybridized carbons (Fsp3) is 0.111. The van der Waals surface area contributed by atoms with Gasteiger partial charge < -0.3 is 0 Å². The molecule has 2 aromatic carbocycles. The molecule has 0 radical (unpaired) electrons. The van der Waals surface area contributed by atoms with Gasteiger partial charge in [0.2, 0.25) is 0 Å². The minimum Gasteiger partial charge on any atom is -0.285 e. The Morgan fingerprint density at radius 3 is 2.56 bits per heavy atom. The van der Waals surface area contributed by atoms with Gasteiger partial charge in [-0.2, -0.15) is 14.5 Å². The Bertz CT molecular complexity index is 1140. The molecule has 2 aromatic heterocycles. The number of aromatic amines is 1. The molecule has 136 valence electrons. The van der Waals surface area contributed by atoms with E-state index in [2.05, 4.69) is 20.6 Å². The van der Waals surface area contributed by atoms with E-state index in [0.717, 1.165) is 38.2 Å². The summed E-state index contributed by atoms with van der Waals surface area (Å²) in [7, 11) is 0. The Hall–Kier alpha value is -3.62. The molecule has 1 N–H and O–H groups in total. The maximum atomic E-state index is 13.8. The van der Waals surface area contributed by atoms with Gasteiger partial charge in [0, 0.05) is 17.3 Å². The highest BCUT2D eigenvalue weighted by molar-refractivity contribution is 5.67. The molecule has 0 fully saturated rings. The lowest BCUT2D eigenvalue weighted by molar-refractivity contribution is 0.523. The number of benzene rings is 2. The second-order valence-corrected chi connectivity index (χ2v) is 6.02. The summed E-state index contributed by atoms with van der Waals surface area (Å²) >= 11 is 0. The molecule has 2 heterocycles. The summed E-state index contributed by atoms with van der Waals surface area (Å²) in [6, 6.07) is 8.87. The predicted molar refractivity (Wildman–Crippen MR) is 93.4 cm³/mol. The van der Waals surface area contributed by atoms with Gasteiger partial charge in [-0.1, -0.05) is 12.1 Å². The predicted octanol–water partition coefficient (Wildman–Crippen LogP) is 2.45. The summed E-state index contributed by atoms with van der Waals surface area (Å²) in [5, 5.41) is 14.2. The smallest absolute Gasteiger partial charge is 0.285 e. The number of hydrogen-bond donors (Lipinski definition) is 1. The molecule has 0 amide bonds. The number of nitrogens with one attached hydrogen (secondary N) is 1. The van der Waals surface area contributed by atoms with Gasteiger partial charge in [0.25, 0.3) is 0 Å². The van der Waals surface area contributed by atoms with Crippen molar-refractivity contribution in [3.8, 4) is 16.8 Å². The van der Waals surface area contributed by atoms with Crippen LogP contribution in [0.5, 0.6) is 0 Å². The summed E-state index contributed by atoms with van der Waals surface area (Å²) in [5.41, 5.74) is 2.47. The number of H-pyrrole nitrogens is 1. The summed E-state index contributed by atoms with van der Waals surface area (Å²) in [4.78, 5) is 12.6. The Morgan fingerprint density at radius 1 is 1.11 bits per heavy atom. The van der Waals surface area contributed by atoms with Gasteiger partial charge in [-0.15, -0.1) is 0 Å². The van der Waals surface area contributed by atoms with Gasteiger partial charge in [0.05, 0.1) is 18.4 Å². The van der Waals surface area contributed by atoms with Crippen molar-refractivity contribution >= 4 is 0 Å². The zero-order valence-electron chi connectivity index (χ0n) is 14.2. The zero-order valence-corrected chi connectivity index (χ0v) is 14.2. The highest BCUT2D eigenvalue weighted by Crippen LogP contribution is 2.23. The van der Waals surface area contributed by atoms with Crippen LogP contribution in [0.2, 0.25) is 0 Å². The lowest BCUT2D eigenvalue weighted by Gasteiger charge is -2.06. The highest BCUT2D eigenvalue weighted by atomic mass is 19.1. The summed E-state index contributed by atoms with van der Waals surface area (Å²) < 4.78 is 29.6. The normalized spacial score (nSPS) is 11.1. The van der Waals surface area contributed by atoms with Gasteiger partial charge in [-0.05, 0) is 52.7 Å². The Labute approximate surface area is 151 Å². The van der Waals surface area contributed by atoms with Crippen LogP contribution < -0.4 is 5.69 Å². The lowest BCUT2D eigenvalue weighted by atomic mass is 10.0. The number of aromatic nitrogens is 6. The number of rotatable bonds is 4. The first-order valence-corrected chi connectivity index (χ1v) is 8.10. The molecular weight excluding hydrogens is 354 g/mol. The van der Waals surface area contributed by atoms with Gasteiger partial charge in [-0.3, -0.25) is 5.10 Å². The lowest BCUT2D eigenvalue weighted by Crippen LogP contribution is -2.25. The molecule has 0 atom stereocenters. The van der Waals surface area contributed by atoms with Crippen molar-refractivity contribution in [1.29, 1.82) is 0 Å². The van der Waals surface area contributed by atoms with Crippen LogP contribution in [-0.2, 0) is 6.54 Å². The fourth-order valence-corrected chi connectivity index (χ4v) is 2.87. The van der Waals surface area contributed by atoms with E-state index < -0.39 is 17.3 Å². The van der Waals surface area contributed by atoms with E-state index in [4.69, 9.17) is 0 Å². The quantitative estimate of drug-likeness (QED) is 0.600. The number of hydrogen-bond acceptors (Lipinski definition) is 4. The second kappa shape index (κ2) is 6.60. The van der Waals surface area contributed by atoms with Crippen molar-refractivity contribution in [2.75, 3.05) is 0 Å². The molecule has 0 bridgehead atoms. The van der Waals surface area contributed by atoms with Crippen molar-refractivity contribution in [2.24, 2.45) is 0 Å². The fourth-order valence-electron chi connectivity index (χ4n) is 2.87. The highest BCUT2D eigenvalue weighted by Gasteiger charge is 2.15. The third-order valence-electron chi connectivity index (χ3n) is 4.27. The first-order chi connectivity index (χ1) is 13.0. The molecule has 7 nitrogen and oxygen atoms in total. The van der Waals surface area contributed by atoms with Crippen molar-refractivity contribution in [2.45, 2.75) is 13.5 Å². The summed E-state index contributed by atoms with van der Waals surface area (Å²) in [5.74, 6) is -1.48. The maximum absolute atomic E-state index is 13.8. The minimum absolute atomic E-state index is 0.238. The Kier molecular flexibility index (Phi) is 4.11. The van der Waals surface area contributed by atoms with Crippen LogP contribution >= 0.6 is 0 Å². The van der Waals surface area contributed by atoms with Crippen LogP contribution in [0.4, 0.5) is 8.78 Å². The van der Waals surface area contributed by atoms with E-state index in [1.54, 1.807) is 24.5 Å². The van der Waals surface area contributed by atoms with Crippen LogP contribution in [0, 0.1) is 18.6 Å². The molecule has 0 aliphatic carbocycles. The van der Waals surface area contributed by atoms with E-state index >= 15 is 0 Å². The molecule has 4 rings (SSSR count). The number of aryl methyl sites for hydroxylation is 1. The van der Waals surface area contributed by atoms with Gasteiger partial charge in [-0.25, -0.2) is 13.6 Å². The van der Waals surface area contributed by atoms with Gasteiger partial charge >= 0.3 is 5.69 Å². The molecule has 0 saturated carbocycles. The van der Waals surface area contributed by atoms with Crippen LogP contribution in [0.25, 0.3) is 16.8 Å². The first kappa shape index (κ1) is 16.8.